The third kappa shape index (κ3) is 5.33. The molecule has 1 aromatic rings. The van der Waals surface area contributed by atoms with E-state index in [0.29, 0.717) is 18.1 Å². The normalized spacial score (nSPS) is 10.4. The minimum absolute atomic E-state index is 0.0472. The van der Waals surface area contributed by atoms with Crippen molar-refractivity contribution in [1.82, 2.24) is 15.3 Å². The van der Waals surface area contributed by atoms with Crippen molar-refractivity contribution >= 4 is 23.3 Å². The molecule has 112 valence electrons. The average molecular weight is 299 g/mol. The van der Waals surface area contributed by atoms with Crippen molar-refractivity contribution in [3.05, 3.63) is 16.5 Å². The molecular formula is C14H23ClN4O. The Kier molecular flexibility index (Phi) is 7.30. The molecule has 5 nitrogen and oxygen atoms in total. The van der Waals surface area contributed by atoms with Gasteiger partial charge in [0.25, 0.3) is 0 Å². The summed E-state index contributed by atoms with van der Waals surface area (Å²) in [5, 5.41) is 6.48. The summed E-state index contributed by atoms with van der Waals surface area (Å²) in [6.07, 6.45) is 3.13. The molecule has 1 rings (SSSR count). The van der Waals surface area contributed by atoms with Crippen LogP contribution >= 0.6 is 11.6 Å². The first-order valence-corrected chi connectivity index (χ1v) is 7.49. The van der Waals surface area contributed by atoms with Crippen LogP contribution in [0.1, 0.15) is 44.5 Å². The smallest absolute Gasteiger partial charge is 0.221 e. The summed E-state index contributed by atoms with van der Waals surface area (Å²) in [6, 6.07) is 0. The Hall–Kier alpha value is -1.36. The molecule has 0 spiro atoms. The van der Waals surface area contributed by atoms with Crippen molar-refractivity contribution < 1.29 is 4.79 Å². The second-order valence-electron chi connectivity index (χ2n) is 4.68. The molecule has 6 heteroatoms. The first kappa shape index (κ1) is 16.7. The maximum Gasteiger partial charge on any atom is 0.221 e. The van der Waals surface area contributed by atoms with Gasteiger partial charge in [0.1, 0.15) is 16.8 Å². The molecule has 0 saturated heterocycles. The number of amides is 1. The summed E-state index contributed by atoms with van der Waals surface area (Å²) >= 11 is 6.09. The van der Waals surface area contributed by atoms with Crippen molar-refractivity contribution in [2.24, 2.45) is 0 Å². The highest BCUT2D eigenvalue weighted by atomic mass is 35.5. The summed E-state index contributed by atoms with van der Waals surface area (Å²) in [6.45, 7) is 7.23. The van der Waals surface area contributed by atoms with E-state index in [1.165, 1.54) is 0 Å². The third-order valence-electron chi connectivity index (χ3n) is 2.82. The molecule has 1 heterocycles. The monoisotopic (exact) mass is 298 g/mol. The molecule has 0 unspecified atom stereocenters. The number of halogens is 1. The molecule has 1 aromatic heterocycles. The second-order valence-corrected chi connectivity index (χ2v) is 5.04. The van der Waals surface area contributed by atoms with E-state index in [1.807, 2.05) is 13.8 Å². The van der Waals surface area contributed by atoms with Crippen LogP contribution in [0.5, 0.6) is 0 Å². The molecule has 0 fully saturated rings. The van der Waals surface area contributed by atoms with Gasteiger partial charge in [-0.25, -0.2) is 9.97 Å². The summed E-state index contributed by atoms with van der Waals surface area (Å²) in [5.41, 5.74) is 0.820. The van der Waals surface area contributed by atoms with Gasteiger partial charge in [0, 0.05) is 31.5 Å². The van der Waals surface area contributed by atoms with Crippen LogP contribution in [0.3, 0.4) is 0 Å². The van der Waals surface area contributed by atoms with Gasteiger partial charge in [-0.2, -0.15) is 0 Å². The van der Waals surface area contributed by atoms with Gasteiger partial charge in [0.2, 0.25) is 5.91 Å². The van der Waals surface area contributed by atoms with Gasteiger partial charge >= 0.3 is 0 Å². The quantitative estimate of drug-likeness (QED) is 0.724. The van der Waals surface area contributed by atoms with Crippen LogP contribution in [0.15, 0.2) is 0 Å². The fourth-order valence-corrected chi connectivity index (χ4v) is 1.87. The lowest BCUT2D eigenvalue weighted by molar-refractivity contribution is -0.120. The summed E-state index contributed by atoms with van der Waals surface area (Å²) < 4.78 is 0. The summed E-state index contributed by atoms with van der Waals surface area (Å²) in [5.74, 6) is 1.50. The molecule has 0 bridgehead atoms. The fraction of sp³-hybridized carbons (Fsp3) is 0.643. The zero-order chi connectivity index (χ0) is 15.0. The predicted octanol–water partition coefficient (Wildman–Crippen LogP) is 2.72. The lowest BCUT2D eigenvalue weighted by Crippen LogP contribution is -2.26. The Balaban J connectivity index is 2.56. The van der Waals surface area contributed by atoms with Gasteiger partial charge in [-0.05, 0) is 19.8 Å². The second kappa shape index (κ2) is 8.74. The predicted molar refractivity (Wildman–Crippen MR) is 82.2 cm³/mol. The van der Waals surface area contributed by atoms with Crippen LogP contribution in [-0.2, 0) is 11.2 Å². The van der Waals surface area contributed by atoms with Crippen molar-refractivity contribution in [2.75, 3.05) is 18.4 Å². The maximum atomic E-state index is 11.5. The molecule has 0 aliphatic carbocycles. The number of rotatable bonds is 8. The Bertz CT molecular complexity index is 451. The number of anilines is 1. The van der Waals surface area contributed by atoms with Crippen molar-refractivity contribution in [1.29, 1.82) is 0 Å². The van der Waals surface area contributed by atoms with Crippen molar-refractivity contribution in [2.45, 2.75) is 46.5 Å². The van der Waals surface area contributed by atoms with Crippen LogP contribution < -0.4 is 10.6 Å². The van der Waals surface area contributed by atoms with Gasteiger partial charge in [-0.1, -0.05) is 25.4 Å². The molecule has 20 heavy (non-hydrogen) atoms. The fourth-order valence-electron chi connectivity index (χ4n) is 1.69. The van der Waals surface area contributed by atoms with Crippen LogP contribution in [0, 0.1) is 6.92 Å². The number of aromatic nitrogens is 2. The van der Waals surface area contributed by atoms with Crippen molar-refractivity contribution in [3.63, 3.8) is 0 Å². The average Bonchev–Trinajstić information content (AvgIpc) is 2.42. The highest BCUT2D eigenvalue weighted by molar-refractivity contribution is 6.30. The minimum atomic E-state index is 0.0472. The number of nitrogens with one attached hydrogen (secondary N) is 2. The van der Waals surface area contributed by atoms with E-state index in [-0.39, 0.29) is 5.91 Å². The topological polar surface area (TPSA) is 66.9 Å². The highest BCUT2D eigenvalue weighted by Gasteiger charge is 2.09. The number of carbonyl (C=O) groups is 1. The van der Waals surface area contributed by atoms with Gasteiger partial charge in [-0.15, -0.1) is 0 Å². The molecule has 0 aliphatic rings. The minimum Gasteiger partial charge on any atom is -0.369 e. The molecule has 0 atom stereocenters. The first-order valence-electron chi connectivity index (χ1n) is 7.12. The molecule has 0 radical (unpaired) electrons. The van der Waals surface area contributed by atoms with E-state index in [4.69, 9.17) is 11.6 Å². The zero-order valence-electron chi connectivity index (χ0n) is 12.4. The highest BCUT2D eigenvalue weighted by Crippen LogP contribution is 2.20. The standard InChI is InChI=1S/C14H23ClN4O/c1-4-6-11-18-13(15)10(3)14(19-11)17-9-7-12(20)16-8-5-2/h4-9H2,1-3H3,(H,16,20)(H,17,18,19). The van der Waals surface area contributed by atoms with E-state index >= 15 is 0 Å². The lowest BCUT2D eigenvalue weighted by Gasteiger charge is -2.11. The SMILES string of the molecule is CCCNC(=O)CCNc1nc(CCC)nc(Cl)c1C. The van der Waals surface area contributed by atoms with E-state index in [2.05, 4.69) is 27.5 Å². The van der Waals surface area contributed by atoms with Crippen LogP contribution in [-0.4, -0.2) is 29.0 Å². The van der Waals surface area contributed by atoms with E-state index in [1.54, 1.807) is 0 Å². The summed E-state index contributed by atoms with van der Waals surface area (Å²) in [7, 11) is 0. The Labute approximate surface area is 125 Å². The molecule has 1 amide bonds. The number of aryl methyl sites for hydroxylation is 1. The molecule has 0 aromatic carbocycles. The number of hydrogen-bond donors (Lipinski definition) is 2. The van der Waals surface area contributed by atoms with E-state index in [9.17, 15) is 4.79 Å². The zero-order valence-corrected chi connectivity index (χ0v) is 13.2. The van der Waals surface area contributed by atoms with Gasteiger partial charge in [0.05, 0.1) is 0 Å². The number of hydrogen-bond acceptors (Lipinski definition) is 4. The van der Waals surface area contributed by atoms with E-state index in [0.717, 1.165) is 43.0 Å². The largest absolute Gasteiger partial charge is 0.369 e. The Morgan fingerprint density at radius 1 is 1.20 bits per heavy atom. The Morgan fingerprint density at radius 3 is 2.60 bits per heavy atom. The van der Waals surface area contributed by atoms with Gasteiger partial charge in [-0.3, -0.25) is 4.79 Å². The van der Waals surface area contributed by atoms with Gasteiger partial charge < -0.3 is 10.6 Å². The molecule has 0 aliphatic heterocycles. The first-order chi connectivity index (χ1) is 9.58. The molecular weight excluding hydrogens is 276 g/mol. The van der Waals surface area contributed by atoms with E-state index < -0.39 is 0 Å². The molecule has 0 saturated carbocycles. The summed E-state index contributed by atoms with van der Waals surface area (Å²) in [4.78, 5) is 20.2. The van der Waals surface area contributed by atoms with Crippen LogP contribution in [0.2, 0.25) is 5.15 Å². The Morgan fingerprint density at radius 2 is 1.95 bits per heavy atom. The lowest BCUT2D eigenvalue weighted by atomic mass is 10.3. The van der Waals surface area contributed by atoms with Crippen molar-refractivity contribution in [3.8, 4) is 0 Å². The van der Waals surface area contributed by atoms with Crippen LogP contribution in [0.4, 0.5) is 5.82 Å². The van der Waals surface area contributed by atoms with Crippen LogP contribution in [0.25, 0.3) is 0 Å². The maximum absolute atomic E-state index is 11.5. The molecule has 2 N–H and O–H groups in total. The van der Waals surface area contributed by atoms with Gasteiger partial charge in [0.15, 0.2) is 0 Å². The third-order valence-corrected chi connectivity index (χ3v) is 3.19. The number of nitrogens with zero attached hydrogens (tertiary/aromatic N) is 2. The number of carbonyl (C=O) groups excluding carboxylic acids is 1.